The van der Waals surface area contributed by atoms with Gasteiger partial charge in [0.05, 0.1) is 29.4 Å². The molecule has 0 aromatic heterocycles. The van der Waals surface area contributed by atoms with Gasteiger partial charge in [-0.2, -0.15) is 13.2 Å². The van der Waals surface area contributed by atoms with E-state index < -0.39 is 70.8 Å². The first-order valence-corrected chi connectivity index (χ1v) is 9.55. The minimum atomic E-state index is -4.58. The number of alkyl halides is 3. The zero-order chi connectivity index (χ0) is 23.8. The van der Waals surface area contributed by atoms with Crippen molar-refractivity contribution >= 4 is 34.8 Å². The molecule has 172 valence electrons. The number of nitrogens with one attached hydrogen (secondary N) is 1. The van der Waals surface area contributed by atoms with Gasteiger partial charge < -0.3 is 15.0 Å². The molecule has 0 aliphatic carbocycles. The summed E-state index contributed by atoms with van der Waals surface area (Å²) in [4.78, 5) is 25.4. The van der Waals surface area contributed by atoms with Crippen LogP contribution in [0, 0.1) is 17.5 Å². The number of benzene rings is 2. The van der Waals surface area contributed by atoms with E-state index in [0.29, 0.717) is 6.07 Å². The second-order valence-corrected chi connectivity index (χ2v) is 7.43. The van der Waals surface area contributed by atoms with Gasteiger partial charge in [0.15, 0.2) is 17.7 Å². The maximum Gasteiger partial charge on any atom is 0.389 e. The van der Waals surface area contributed by atoms with Crippen molar-refractivity contribution in [2.24, 2.45) is 0 Å². The van der Waals surface area contributed by atoms with Gasteiger partial charge in [-0.3, -0.25) is 9.59 Å². The Labute approximate surface area is 182 Å². The Hall–Kier alpha value is -2.95. The van der Waals surface area contributed by atoms with Crippen LogP contribution in [0.3, 0.4) is 0 Å². The van der Waals surface area contributed by atoms with Crippen LogP contribution in [0.5, 0.6) is 5.75 Å². The molecule has 2 aromatic rings. The molecule has 0 fully saturated rings. The van der Waals surface area contributed by atoms with Gasteiger partial charge in [-0.15, -0.1) is 0 Å². The topological polar surface area (TPSA) is 58.6 Å². The van der Waals surface area contributed by atoms with Crippen LogP contribution in [0.4, 0.5) is 37.7 Å². The van der Waals surface area contributed by atoms with Gasteiger partial charge in [0.1, 0.15) is 11.6 Å². The van der Waals surface area contributed by atoms with Crippen molar-refractivity contribution in [1.29, 1.82) is 0 Å². The van der Waals surface area contributed by atoms with E-state index in [1.807, 2.05) is 5.32 Å². The Kier molecular flexibility index (Phi) is 6.59. The molecule has 0 saturated heterocycles. The second kappa shape index (κ2) is 8.89. The molecule has 1 N–H and O–H groups in total. The highest BCUT2D eigenvalue weighted by Gasteiger charge is 2.36. The van der Waals surface area contributed by atoms with Crippen molar-refractivity contribution in [2.75, 3.05) is 10.2 Å². The zero-order valence-electron chi connectivity index (χ0n) is 16.3. The van der Waals surface area contributed by atoms with Crippen molar-refractivity contribution in [1.82, 2.24) is 0 Å². The van der Waals surface area contributed by atoms with E-state index in [1.54, 1.807) is 0 Å². The summed E-state index contributed by atoms with van der Waals surface area (Å²) >= 11 is 6.01. The molecule has 0 spiro atoms. The predicted molar refractivity (Wildman–Crippen MR) is 103 cm³/mol. The molecule has 0 bridgehead atoms. The largest absolute Gasteiger partial charge is 0.476 e. The Bertz CT molecular complexity index is 1060. The van der Waals surface area contributed by atoms with Gasteiger partial charge in [-0.25, -0.2) is 13.2 Å². The average Bonchev–Trinajstić information content (AvgIpc) is 2.67. The number of carbonyl (C=O) groups is 2. The summed E-state index contributed by atoms with van der Waals surface area (Å²) in [7, 11) is 0. The van der Waals surface area contributed by atoms with Crippen molar-refractivity contribution in [3.63, 3.8) is 0 Å². The number of carbonyl (C=O) groups excluding carboxylic acids is 2. The van der Waals surface area contributed by atoms with Gasteiger partial charge >= 0.3 is 6.18 Å². The number of amides is 2. The quantitative estimate of drug-likeness (QED) is 0.587. The van der Waals surface area contributed by atoms with E-state index in [0.717, 1.165) is 23.1 Å². The number of hydrogen-bond acceptors (Lipinski definition) is 3. The molecular weight excluding hydrogens is 466 g/mol. The van der Waals surface area contributed by atoms with Gasteiger partial charge in [0.2, 0.25) is 5.91 Å². The van der Waals surface area contributed by atoms with Crippen LogP contribution >= 0.6 is 11.6 Å². The maximum absolute atomic E-state index is 15.1. The van der Waals surface area contributed by atoms with Crippen molar-refractivity contribution in [3.05, 3.63) is 52.3 Å². The van der Waals surface area contributed by atoms with Crippen LogP contribution in [-0.4, -0.2) is 24.1 Å². The molecule has 1 aliphatic heterocycles. The summed E-state index contributed by atoms with van der Waals surface area (Å²) in [5.41, 5.74) is -0.721. The Morgan fingerprint density at radius 2 is 1.78 bits per heavy atom. The lowest BCUT2D eigenvalue weighted by Gasteiger charge is -2.34. The summed E-state index contributed by atoms with van der Waals surface area (Å²) in [6.07, 6.45) is -8.15. The van der Waals surface area contributed by atoms with Crippen molar-refractivity contribution in [2.45, 2.75) is 38.6 Å². The third-order valence-corrected chi connectivity index (χ3v) is 4.81. The van der Waals surface area contributed by atoms with Crippen LogP contribution in [0.15, 0.2) is 24.3 Å². The van der Waals surface area contributed by atoms with Gasteiger partial charge in [0.25, 0.3) is 5.91 Å². The first-order chi connectivity index (χ1) is 14.9. The van der Waals surface area contributed by atoms with Crippen molar-refractivity contribution < 1.29 is 40.7 Å². The predicted octanol–water partition coefficient (Wildman–Crippen LogP) is 5.35. The first-order valence-electron chi connectivity index (χ1n) is 9.17. The number of halogens is 7. The lowest BCUT2D eigenvalue weighted by Crippen LogP contribution is -2.44. The van der Waals surface area contributed by atoms with E-state index in [9.17, 15) is 31.5 Å². The molecule has 1 heterocycles. The fraction of sp³-hybridized carbons (Fsp3) is 0.300. The number of anilines is 2. The molecule has 1 unspecified atom stereocenters. The van der Waals surface area contributed by atoms with Crippen LogP contribution in [0.2, 0.25) is 5.02 Å². The highest BCUT2D eigenvalue weighted by molar-refractivity contribution is 6.34. The third-order valence-electron chi connectivity index (χ3n) is 4.52. The van der Waals surface area contributed by atoms with E-state index in [2.05, 4.69) is 0 Å². The standard InChI is InChI=1S/C20H15ClF6N2O3/c1-9-19(31)29(8-10-4-11(22)6-12(23)5-10)14-7-13(21)17(16(24)18(14)32-9)28-15(30)2-3-20(25,26)27/h4-7,9H,2-3,8H2,1H3,(H,28,30). The minimum Gasteiger partial charge on any atom is -0.476 e. The lowest BCUT2D eigenvalue weighted by atomic mass is 10.1. The van der Waals surface area contributed by atoms with E-state index in [4.69, 9.17) is 16.3 Å². The molecular formula is C20H15ClF6N2O3. The summed E-state index contributed by atoms with van der Waals surface area (Å²) in [5.74, 6) is -5.24. The number of nitrogens with zero attached hydrogens (tertiary/aromatic N) is 1. The van der Waals surface area contributed by atoms with E-state index >= 15 is 4.39 Å². The van der Waals surface area contributed by atoms with Gasteiger partial charge in [0, 0.05) is 12.5 Å². The molecule has 2 aromatic carbocycles. The molecule has 5 nitrogen and oxygen atoms in total. The van der Waals surface area contributed by atoms with Crippen LogP contribution < -0.4 is 15.0 Å². The lowest BCUT2D eigenvalue weighted by molar-refractivity contribution is -0.142. The minimum absolute atomic E-state index is 0.0666. The molecule has 1 aliphatic rings. The first kappa shape index (κ1) is 23.7. The molecule has 1 atom stereocenters. The number of hydrogen-bond donors (Lipinski definition) is 1. The Morgan fingerprint density at radius 1 is 1.16 bits per heavy atom. The number of ether oxygens (including phenoxy) is 1. The molecule has 12 heteroatoms. The average molecular weight is 481 g/mol. The Balaban J connectivity index is 1.94. The maximum atomic E-state index is 15.1. The highest BCUT2D eigenvalue weighted by atomic mass is 35.5. The van der Waals surface area contributed by atoms with Gasteiger partial charge in [-0.1, -0.05) is 11.6 Å². The van der Waals surface area contributed by atoms with Crippen LogP contribution in [0.1, 0.15) is 25.3 Å². The summed E-state index contributed by atoms with van der Waals surface area (Å²) < 4.78 is 84.3. The molecule has 0 radical (unpaired) electrons. The summed E-state index contributed by atoms with van der Waals surface area (Å²) in [5, 5.41) is 1.56. The Morgan fingerprint density at radius 3 is 2.38 bits per heavy atom. The number of rotatable bonds is 5. The zero-order valence-corrected chi connectivity index (χ0v) is 17.1. The fourth-order valence-corrected chi connectivity index (χ4v) is 3.32. The summed E-state index contributed by atoms with van der Waals surface area (Å²) in [6, 6.07) is 3.69. The molecule has 32 heavy (non-hydrogen) atoms. The SMILES string of the molecule is CC1Oc2c(cc(Cl)c(NC(=O)CCC(F)(F)F)c2F)N(Cc2cc(F)cc(F)c2)C1=O. The monoisotopic (exact) mass is 480 g/mol. The molecule has 0 saturated carbocycles. The van der Waals surface area contributed by atoms with Crippen LogP contribution in [-0.2, 0) is 16.1 Å². The molecule has 2 amide bonds. The fourth-order valence-electron chi connectivity index (χ4n) is 3.09. The highest BCUT2D eigenvalue weighted by Crippen LogP contribution is 2.44. The molecule has 3 rings (SSSR count). The van der Waals surface area contributed by atoms with Crippen molar-refractivity contribution in [3.8, 4) is 5.75 Å². The van der Waals surface area contributed by atoms with Crippen LogP contribution in [0.25, 0.3) is 0 Å². The second-order valence-electron chi connectivity index (χ2n) is 7.02. The van der Waals surface area contributed by atoms with E-state index in [1.165, 1.54) is 6.92 Å². The van der Waals surface area contributed by atoms with Gasteiger partial charge in [-0.05, 0) is 30.7 Å². The summed E-state index contributed by atoms with van der Waals surface area (Å²) in [6.45, 7) is 0.960. The van der Waals surface area contributed by atoms with E-state index in [-0.39, 0.29) is 17.8 Å². The number of fused-ring (bicyclic) bond motifs is 1. The normalized spacial score (nSPS) is 15.9. The smallest absolute Gasteiger partial charge is 0.389 e. The third kappa shape index (κ3) is 5.26.